The largest absolute Gasteiger partial charge is 0.327 e. The van der Waals surface area contributed by atoms with E-state index in [4.69, 9.17) is 0 Å². The van der Waals surface area contributed by atoms with Gasteiger partial charge in [0.25, 0.3) is 0 Å². The van der Waals surface area contributed by atoms with E-state index >= 15 is 0 Å². The molecule has 6 heteroatoms. The summed E-state index contributed by atoms with van der Waals surface area (Å²) in [4.78, 5) is 5.88. The number of H-pyrrole nitrogens is 1. The van der Waals surface area contributed by atoms with Crippen molar-refractivity contribution in [2.75, 3.05) is 13.1 Å². The SMILES string of the molecule is C[C@@H]1CN[C@@H](C)CN1C(c1ccc(F)cc1)c1nnc(C2CC2)[nH]1. The number of benzene rings is 1. The Morgan fingerprint density at radius 3 is 2.62 bits per heavy atom. The molecule has 128 valence electrons. The van der Waals surface area contributed by atoms with Crippen LogP contribution in [0.4, 0.5) is 4.39 Å². The molecule has 2 fully saturated rings. The van der Waals surface area contributed by atoms with Crippen molar-refractivity contribution < 1.29 is 4.39 Å². The molecule has 3 atom stereocenters. The Balaban J connectivity index is 1.71. The first-order chi connectivity index (χ1) is 11.6. The van der Waals surface area contributed by atoms with Crippen LogP contribution in [-0.2, 0) is 0 Å². The summed E-state index contributed by atoms with van der Waals surface area (Å²) >= 11 is 0. The quantitative estimate of drug-likeness (QED) is 0.905. The Kier molecular flexibility index (Phi) is 4.10. The molecule has 1 unspecified atom stereocenters. The van der Waals surface area contributed by atoms with Crippen LogP contribution in [0.2, 0.25) is 0 Å². The topological polar surface area (TPSA) is 56.8 Å². The van der Waals surface area contributed by atoms with Gasteiger partial charge in [-0.3, -0.25) is 4.90 Å². The molecule has 4 rings (SSSR count). The maximum Gasteiger partial charge on any atom is 0.152 e. The molecule has 2 aromatic rings. The summed E-state index contributed by atoms with van der Waals surface area (Å²) in [5, 5.41) is 12.3. The van der Waals surface area contributed by atoms with Crippen molar-refractivity contribution in [2.45, 2.75) is 50.7 Å². The number of nitrogens with zero attached hydrogens (tertiary/aromatic N) is 3. The Bertz CT molecular complexity index is 694. The first-order valence-corrected chi connectivity index (χ1v) is 8.79. The van der Waals surface area contributed by atoms with Crippen LogP contribution < -0.4 is 5.32 Å². The third-order valence-electron chi connectivity index (χ3n) is 5.07. The second-order valence-corrected chi connectivity index (χ2v) is 7.18. The number of hydrogen-bond donors (Lipinski definition) is 2. The number of rotatable bonds is 4. The monoisotopic (exact) mass is 329 g/mol. The van der Waals surface area contributed by atoms with Crippen LogP contribution in [0.1, 0.15) is 55.9 Å². The third kappa shape index (κ3) is 3.08. The highest BCUT2D eigenvalue weighted by molar-refractivity contribution is 5.26. The van der Waals surface area contributed by atoms with Crippen molar-refractivity contribution >= 4 is 0 Å². The molecule has 24 heavy (non-hydrogen) atoms. The Morgan fingerprint density at radius 2 is 1.92 bits per heavy atom. The fraction of sp³-hybridized carbons (Fsp3) is 0.556. The van der Waals surface area contributed by atoms with E-state index in [-0.39, 0.29) is 11.9 Å². The van der Waals surface area contributed by atoms with Crippen LogP contribution in [0.5, 0.6) is 0 Å². The standard InChI is InChI=1S/C18H24FN5/c1-11-10-24(12(2)9-20-11)16(13-5-7-15(19)8-6-13)18-21-17(22-23-18)14-3-4-14/h5-8,11-12,14,16,20H,3-4,9-10H2,1-2H3,(H,21,22,23)/t11-,12+,16?/m0/s1. The van der Waals surface area contributed by atoms with Crippen LogP contribution in [-0.4, -0.2) is 45.3 Å². The first-order valence-electron chi connectivity index (χ1n) is 8.79. The molecule has 1 aromatic carbocycles. The van der Waals surface area contributed by atoms with Crippen molar-refractivity contribution in [3.63, 3.8) is 0 Å². The normalized spacial score (nSPS) is 26.5. The first kappa shape index (κ1) is 15.7. The minimum Gasteiger partial charge on any atom is -0.327 e. The number of nitrogens with one attached hydrogen (secondary N) is 2. The molecule has 1 saturated carbocycles. The molecule has 2 N–H and O–H groups in total. The van der Waals surface area contributed by atoms with Crippen molar-refractivity contribution in [1.82, 2.24) is 25.4 Å². The third-order valence-corrected chi connectivity index (χ3v) is 5.07. The van der Waals surface area contributed by atoms with E-state index < -0.39 is 0 Å². The Morgan fingerprint density at radius 1 is 1.17 bits per heavy atom. The maximum atomic E-state index is 13.4. The summed E-state index contributed by atoms with van der Waals surface area (Å²) in [6.07, 6.45) is 2.38. The summed E-state index contributed by atoms with van der Waals surface area (Å²) in [5.74, 6) is 2.19. The maximum absolute atomic E-state index is 13.4. The van der Waals surface area contributed by atoms with Gasteiger partial charge in [-0.05, 0) is 44.4 Å². The zero-order valence-corrected chi connectivity index (χ0v) is 14.2. The minimum atomic E-state index is -0.213. The molecule has 5 nitrogen and oxygen atoms in total. The average molecular weight is 329 g/mol. The van der Waals surface area contributed by atoms with Crippen LogP contribution in [0.25, 0.3) is 0 Å². The minimum absolute atomic E-state index is 0.0230. The molecule has 1 aliphatic carbocycles. The predicted molar refractivity (Wildman–Crippen MR) is 90.2 cm³/mol. The highest BCUT2D eigenvalue weighted by Crippen LogP contribution is 2.39. The number of hydrogen-bond acceptors (Lipinski definition) is 4. The molecule has 0 radical (unpaired) electrons. The number of aromatic amines is 1. The molecule has 1 saturated heterocycles. The van der Waals surface area contributed by atoms with Crippen molar-refractivity contribution in [2.24, 2.45) is 0 Å². The van der Waals surface area contributed by atoms with Crippen LogP contribution in [0.3, 0.4) is 0 Å². The molecular formula is C18H24FN5. The lowest BCUT2D eigenvalue weighted by atomic mass is 10.00. The van der Waals surface area contributed by atoms with E-state index in [9.17, 15) is 4.39 Å². The van der Waals surface area contributed by atoms with E-state index in [0.717, 1.165) is 30.3 Å². The summed E-state index contributed by atoms with van der Waals surface area (Å²) in [6.45, 7) is 6.26. The van der Waals surface area contributed by atoms with Gasteiger partial charge in [0.15, 0.2) is 5.82 Å². The average Bonchev–Trinajstić information content (AvgIpc) is 3.32. The van der Waals surface area contributed by atoms with Gasteiger partial charge < -0.3 is 10.3 Å². The van der Waals surface area contributed by atoms with Gasteiger partial charge in [-0.15, -0.1) is 10.2 Å². The molecule has 1 aliphatic heterocycles. The van der Waals surface area contributed by atoms with Gasteiger partial charge in [0.2, 0.25) is 0 Å². The lowest BCUT2D eigenvalue weighted by molar-refractivity contribution is 0.109. The van der Waals surface area contributed by atoms with E-state index in [1.165, 1.54) is 25.0 Å². The van der Waals surface area contributed by atoms with Crippen molar-refractivity contribution in [1.29, 1.82) is 0 Å². The van der Waals surface area contributed by atoms with E-state index in [1.807, 2.05) is 12.1 Å². The Labute approximate surface area is 141 Å². The van der Waals surface area contributed by atoms with Crippen LogP contribution in [0.15, 0.2) is 24.3 Å². The lowest BCUT2D eigenvalue weighted by Crippen LogP contribution is -2.55. The van der Waals surface area contributed by atoms with Gasteiger partial charge in [-0.2, -0.15) is 0 Å². The number of aromatic nitrogens is 3. The number of piperazine rings is 1. The molecule has 2 heterocycles. The Hall–Kier alpha value is -1.79. The summed E-state index contributed by atoms with van der Waals surface area (Å²) in [5.41, 5.74) is 1.05. The van der Waals surface area contributed by atoms with Gasteiger partial charge in [0.1, 0.15) is 11.6 Å². The van der Waals surface area contributed by atoms with E-state index in [1.54, 1.807) is 0 Å². The fourth-order valence-electron chi connectivity index (χ4n) is 3.51. The second-order valence-electron chi connectivity index (χ2n) is 7.18. The molecule has 0 amide bonds. The molecule has 0 bridgehead atoms. The highest BCUT2D eigenvalue weighted by Gasteiger charge is 2.34. The highest BCUT2D eigenvalue weighted by atomic mass is 19.1. The lowest BCUT2D eigenvalue weighted by Gasteiger charge is -2.41. The zero-order chi connectivity index (χ0) is 16.7. The summed E-state index contributed by atoms with van der Waals surface area (Å²) < 4.78 is 13.4. The summed E-state index contributed by atoms with van der Waals surface area (Å²) in [6, 6.07) is 7.52. The van der Waals surface area contributed by atoms with Gasteiger partial charge in [0.05, 0.1) is 6.04 Å². The predicted octanol–water partition coefficient (Wildman–Crippen LogP) is 2.59. The van der Waals surface area contributed by atoms with E-state index in [2.05, 4.69) is 39.2 Å². The smallest absolute Gasteiger partial charge is 0.152 e. The molecule has 2 aliphatic rings. The molecule has 0 spiro atoms. The van der Waals surface area contributed by atoms with Crippen molar-refractivity contribution in [3.8, 4) is 0 Å². The van der Waals surface area contributed by atoms with Gasteiger partial charge >= 0.3 is 0 Å². The second kappa shape index (κ2) is 6.26. The zero-order valence-electron chi connectivity index (χ0n) is 14.2. The van der Waals surface area contributed by atoms with E-state index in [0.29, 0.717) is 18.0 Å². The number of halogens is 1. The molecular weight excluding hydrogens is 305 g/mol. The van der Waals surface area contributed by atoms with Gasteiger partial charge in [0, 0.05) is 31.1 Å². The van der Waals surface area contributed by atoms with Gasteiger partial charge in [-0.1, -0.05) is 12.1 Å². The van der Waals surface area contributed by atoms with Crippen LogP contribution >= 0.6 is 0 Å². The van der Waals surface area contributed by atoms with Gasteiger partial charge in [-0.25, -0.2) is 4.39 Å². The fourth-order valence-corrected chi connectivity index (χ4v) is 3.51. The van der Waals surface area contributed by atoms with Crippen molar-refractivity contribution in [3.05, 3.63) is 47.3 Å². The summed E-state index contributed by atoms with van der Waals surface area (Å²) in [7, 11) is 0. The molecule has 1 aromatic heterocycles. The van der Waals surface area contributed by atoms with Crippen LogP contribution in [0, 0.1) is 5.82 Å².